The lowest BCUT2D eigenvalue weighted by Crippen LogP contribution is -2.35. The fourth-order valence-corrected chi connectivity index (χ4v) is 1.29. The first-order chi connectivity index (χ1) is 7.57. The van der Waals surface area contributed by atoms with Gasteiger partial charge < -0.3 is 15.6 Å². The summed E-state index contributed by atoms with van der Waals surface area (Å²) in [6, 6.07) is 4.59. The van der Waals surface area contributed by atoms with E-state index in [0.717, 1.165) is 0 Å². The number of nitrogens with two attached hydrogens (primary N) is 1. The van der Waals surface area contributed by atoms with Crippen molar-refractivity contribution in [2.75, 3.05) is 6.61 Å². The molecule has 5 heteroatoms. The van der Waals surface area contributed by atoms with Crippen molar-refractivity contribution in [1.29, 1.82) is 0 Å². The summed E-state index contributed by atoms with van der Waals surface area (Å²) in [5, 5.41) is 9.53. The van der Waals surface area contributed by atoms with Crippen molar-refractivity contribution < 1.29 is 19.0 Å². The van der Waals surface area contributed by atoms with E-state index in [4.69, 9.17) is 5.73 Å². The van der Waals surface area contributed by atoms with Crippen molar-refractivity contribution >= 4 is 5.97 Å². The molecule has 1 aromatic rings. The number of benzene rings is 1. The third-order valence-corrected chi connectivity index (χ3v) is 2.13. The number of halogens is 1. The van der Waals surface area contributed by atoms with Gasteiger partial charge in [0, 0.05) is 5.56 Å². The summed E-state index contributed by atoms with van der Waals surface area (Å²) >= 11 is 0. The summed E-state index contributed by atoms with van der Waals surface area (Å²) in [6.07, 6.45) is -1.56. The monoisotopic (exact) mass is 227 g/mol. The van der Waals surface area contributed by atoms with E-state index in [-0.39, 0.29) is 12.2 Å². The van der Waals surface area contributed by atoms with Crippen molar-refractivity contribution in [1.82, 2.24) is 0 Å². The van der Waals surface area contributed by atoms with Gasteiger partial charge in [-0.1, -0.05) is 18.2 Å². The first kappa shape index (κ1) is 12.6. The van der Waals surface area contributed by atoms with Crippen molar-refractivity contribution in [3.8, 4) is 0 Å². The predicted molar refractivity (Wildman–Crippen MR) is 56.0 cm³/mol. The Hall–Kier alpha value is -1.46. The predicted octanol–water partition coefficient (Wildman–Crippen LogP) is 0.749. The van der Waals surface area contributed by atoms with Crippen LogP contribution in [0.1, 0.15) is 18.5 Å². The molecular weight excluding hydrogens is 213 g/mol. The summed E-state index contributed by atoms with van der Waals surface area (Å²) in [5.74, 6) is -1.41. The quantitative estimate of drug-likeness (QED) is 0.744. The highest BCUT2D eigenvalue weighted by molar-refractivity contribution is 5.75. The van der Waals surface area contributed by atoms with Gasteiger partial charge in [-0.25, -0.2) is 9.18 Å². The van der Waals surface area contributed by atoms with E-state index in [1.54, 1.807) is 13.0 Å². The first-order valence-electron chi connectivity index (χ1n) is 4.92. The Morgan fingerprint density at radius 3 is 2.75 bits per heavy atom. The van der Waals surface area contributed by atoms with Crippen molar-refractivity contribution in [3.63, 3.8) is 0 Å². The Kier molecular flexibility index (Phi) is 4.39. The van der Waals surface area contributed by atoms with Crippen LogP contribution in [0.3, 0.4) is 0 Å². The zero-order chi connectivity index (χ0) is 12.1. The van der Waals surface area contributed by atoms with E-state index in [1.807, 2.05) is 0 Å². The van der Waals surface area contributed by atoms with Gasteiger partial charge in [0.15, 0.2) is 6.10 Å². The lowest BCUT2D eigenvalue weighted by Gasteiger charge is -2.17. The van der Waals surface area contributed by atoms with Crippen LogP contribution in [-0.2, 0) is 9.53 Å². The normalized spacial score (nSPS) is 14.2. The Balaban J connectivity index is 2.82. The molecule has 0 heterocycles. The smallest absolute Gasteiger partial charge is 0.336 e. The van der Waals surface area contributed by atoms with Crippen LogP contribution in [0.15, 0.2) is 24.3 Å². The second-order valence-electron chi connectivity index (χ2n) is 3.24. The average Bonchev–Trinajstić information content (AvgIpc) is 2.28. The molecule has 1 rings (SSSR count). The van der Waals surface area contributed by atoms with E-state index in [1.165, 1.54) is 18.2 Å². The molecule has 0 bridgehead atoms. The van der Waals surface area contributed by atoms with Gasteiger partial charge >= 0.3 is 5.97 Å². The fourth-order valence-electron chi connectivity index (χ4n) is 1.29. The molecule has 2 atom stereocenters. The molecule has 0 saturated carbocycles. The Labute approximate surface area is 92.8 Å². The molecule has 0 fully saturated rings. The van der Waals surface area contributed by atoms with Crippen LogP contribution >= 0.6 is 0 Å². The number of hydrogen-bond acceptors (Lipinski definition) is 4. The zero-order valence-corrected chi connectivity index (χ0v) is 8.89. The van der Waals surface area contributed by atoms with Crippen LogP contribution in [0, 0.1) is 5.82 Å². The zero-order valence-electron chi connectivity index (χ0n) is 8.89. The van der Waals surface area contributed by atoms with Crippen LogP contribution in [0.4, 0.5) is 4.39 Å². The van der Waals surface area contributed by atoms with Gasteiger partial charge in [-0.3, -0.25) is 0 Å². The SMILES string of the molecule is CCOC(=O)[C@H](O)[C@@H](N)c1ccccc1F. The average molecular weight is 227 g/mol. The molecule has 0 unspecified atom stereocenters. The van der Waals surface area contributed by atoms with Crippen LogP contribution in [0.2, 0.25) is 0 Å². The van der Waals surface area contributed by atoms with Crippen LogP contribution in [0.25, 0.3) is 0 Å². The lowest BCUT2D eigenvalue weighted by molar-refractivity contribution is -0.154. The lowest BCUT2D eigenvalue weighted by atomic mass is 10.0. The number of aliphatic hydroxyl groups is 1. The molecule has 16 heavy (non-hydrogen) atoms. The summed E-state index contributed by atoms with van der Waals surface area (Å²) in [5.41, 5.74) is 5.67. The molecule has 0 saturated heterocycles. The molecular formula is C11H14FNO3. The minimum Gasteiger partial charge on any atom is -0.464 e. The van der Waals surface area contributed by atoms with Crippen LogP contribution in [0.5, 0.6) is 0 Å². The molecule has 0 aromatic heterocycles. The Morgan fingerprint density at radius 1 is 1.56 bits per heavy atom. The van der Waals surface area contributed by atoms with E-state index in [9.17, 15) is 14.3 Å². The number of aliphatic hydroxyl groups excluding tert-OH is 1. The first-order valence-corrected chi connectivity index (χ1v) is 4.92. The third-order valence-electron chi connectivity index (χ3n) is 2.13. The number of hydrogen-bond donors (Lipinski definition) is 2. The maximum Gasteiger partial charge on any atom is 0.336 e. The topological polar surface area (TPSA) is 72.5 Å². The molecule has 0 radical (unpaired) electrons. The molecule has 88 valence electrons. The second-order valence-corrected chi connectivity index (χ2v) is 3.24. The van der Waals surface area contributed by atoms with Crippen LogP contribution < -0.4 is 5.73 Å². The van der Waals surface area contributed by atoms with Gasteiger partial charge in [-0.2, -0.15) is 0 Å². The minimum atomic E-state index is -1.56. The van der Waals surface area contributed by atoms with Gasteiger partial charge in [-0.15, -0.1) is 0 Å². The molecule has 0 spiro atoms. The summed E-state index contributed by atoms with van der Waals surface area (Å²) in [6.45, 7) is 1.75. The summed E-state index contributed by atoms with van der Waals surface area (Å²) in [4.78, 5) is 11.2. The third kappa shape index (κ3) is 2.77. The van der Waals surface area contributed by atoms with E-state index in [2.05, 4.69) is 4.74 Å². The number of carbonyl (C=O) groups is 1. The Morgan fingerprint density at radius 2 is 2.19 bits per heavy atom. The van der Waals surface area contributed by atoms with Crippen molar-refractivity contribution in [2.24, 2.45) is 5.73 Å². The van der Waals surface area contributed by atoms with E-state index in [0.29, 0.717) is 0 Å². The van der Waals surface area contributed by atoms with E-state index < -0.39 is 23.9 Å². The van der Waals surface area contributed by atoms with Gasteiger partial charge in [0.25, 0.3) is 0 Å². The molecule has 0 aliphatic rings. The van der Waals surface area contributed by atoms with Gasteiger partial charge in [-0.05, 0) is 13.0 Å². The number of carbonyl (C=O) groups excluding carboxylic acids is 1. The van der Waals surface area contributed by atoms with Gasteiger partial charge in [0.05, 0.1) is 12.6 Å². The molecule has 0 amide bonds. The van der Waals surface area contributed by atoms with Gasteiger partial charge in [0.2, 0.25) is 0 Å². The largest absolute Gasteiger partial charge is 0.464 e. The Bertz CT molecular complexity index is 370. The maximum absolute atomic E-state index is 13.3. The minimum absolute atomic E-state index is 0.0862. The highest BCUT2D eigenvalue weighted by atomic mass is 19.1. The highest BCUT2D eigenvalue weighted by Crippen LogP contribution is 2.18. The fraction of sp³-hybridized carbons (Fsp3) is 0.364. The van der Waals surface area contributed by atoms with Crippen LogP contribution in [-0.4, -0.2) is 23.8 Å². The second kappa shape index (κ2) is 5.58. The van der Waals surface area contributed by atoms with Crippen molar-refractivity contribution in [3.05, 3.63) is 35.6 Å². The molecule has 0 aliphatic carbocycles. The standard InChI is InChI=1S/C11H14FNO3/c1-2-16-11(15)10(14)9(13)7-5-3-4-6-8(7)12/h3-6,9-10,14H,2,13H2,1H3/t9-,10+/m0/s1. The number of esters is 1. The molecule has 3 N–H and O–H groups in total. The van der Waals surface area contributed by atoms with Gasteiger partial charge in [0.1, 0.15) is 5.82 Å². The maximum atomic E-state index is 13.3. The van der Waals surface area contributed by atoms with E-state index >= 15 is 0 Å². The molecule has 4 nitrogen and oxygen atoms in total. The number of ether oxygens (including phenoxy) is 1. The molecule has 1 aromatic carbocycles. The highest BCUT2D eigenvalue weighted by Gasteiger charge is 2.27. The number of rotatable bonds is 4. The molecule has 0 aliphatic heterocycles. The van der Waals surface area contributed by atoms with Crippen molar-refractivity contribution in [2.45, 2.75) is 19.1 Å². The summed E-state index contributed by atoms with van der Waals surface area (Å²) in [7, 11) is 0. The summed E-state index contributed by atoms with van der Waals surface area (Å²) < 4.78 is 17.9.